The molecule has 0 aromatic carbocycles. The highest BCUT2D eigenvalue weighted by molar-refractivity contribution is 5.48. The lowest BCUT2D eigenvalue weighted by Crippen LogP contribution is -2.12. The van der Waals surface area contributed by atoms with Gasteiger partial charge in [0.15, 0.2) is 11.6 Å². The highest BCUT2D eigenvalue weighted by Gasteiger charge is 2.06. The molecule has 0 bridgehead atoms. The molecule has 0 aliphatic heterocycles. The normalized spacial score (nSPS) is 10.8. The van der Waals surface area contributed by atoms with E-state index in [-0.39, 0.29) is 0 Å². The van der Waals surface area contributed by atoms with Crippen LogP contribution < -0.4 is 10.1 Å². The summed E-state index contributed by atoms with van der Waals surface area (Å²) in [6, 6.07) is 0. The van der Waals surface area contributed by atoms with Gasteiger partial charge in [0.05, 0.1) is 12.8 Å². The van der Waals surface area contributed by atoms with Crippen LogP contribution in [0.4, 0.5) is 5.82 Å². The zero-order chi connectivity index (χ0) is 14.8. The number of hydrogen-bond donors (Lipinski definition) is 1. The predicted molar refractivity (Wildman–Crippen MR) is 81.3 cm³/mol. The second-order valence-corrected chi connectivity index (χ2v) is 5.23. The Bertz CT molecular complexity index is 383. The minimum atomic E-state index is 0.515. The third-order valence-corrected chi connectivity index (χ3v) is 2.63. The van der Waals surface area contributed by atoms with E-state index in [1.165, 1.54) is 0 Å². The van der Waals surface area contributed by atoms with Crippen molar-refractivity contribution in [1.29, 1.82) is 0 Å². The van der Waals surface area contributed by atoms with Crippen molar-refractivity contribution in [2.75, 3.05) is 31.7 Å². The Balaban J connectivity index is 2.42. The number of anilines is 1. The molecule has 0 unspecified atom stereocenters. The van der Waals surface area contributed by atoms with Crippen molar-refractivity contribution in [1.82, 2.24) is 9.97 Å². The maximum Gasteiger partial charge on any atom is 0.179 e. The first kappa shape index (κ1) is 16.7. The molecule has 5 nitrogen and oxygen atoms in total. The average molecular weight is 281 g/mol. The zero-order valence-corrected chi connectivity index (χ0v) is 13.1. The van der Waals surface area contributed by atoms with Crippen molar-refractivity contribution in [3.63, 3.8) is 0 Å². The summed E-state index contributed by atoms with van der Waals surface area (Å²) in [5, 5.41) is 3.30. The van der Waals surface area contributed by atoms with E-state index in [1.54, 1.807) is 6.20 Å². The van der Waals surface area contributed by atoms with Gasteiger partial charge in [0, 0.05) is 13.2 Å². The summed E-state index contributed by atoms with van der Waals surface area (Å²) in [5.41, 5.74) is 0. The van der Waals surface area contributed by atoms with Crippen LogP contribution in [0.1, 0.15) is 39.4 Å². The van der Waals surface area contributed by atoms with E-state index in [2.05, 4.69) is 36.1 Å². The molecular weight excluding hydrogens is 254 g/mol. The first-order valence-electron chi connectivity index (χ1n) is 7.41. The van der Waals surface area contributed by atoms with Gasteiger partial charge < -0.3 is 14.8 Å². The molecule has 1 heterocycles. The topological polar surface area (TPSA) is 56.3 Å². The van der Waals surface area contributed by atoms with E-state index in [1.807, 2.05) is 6.92 Å². The summed E-state index contributed by atoms with van der Waals surface area (Å²) in [6.07, 6.45) is 3.98. The molecule has 0 atom stereocenters. The molecule has 0 aliphatic rings. The van der Waals surface area contributed by atoms with Gasteiger partial charge in [0.25, 0.3) is 0 Å². The SMILES string of the molecule is CCCCNc1nc(C)ncc1OCCOCC(C)C. The number of aromatic nitrogens is 2. The fourth-order valence-corrected chi connectivity index (χ4v) is 1.60. The minimum absolute atomic E-state index is 0.515. The highest BCUT2D eigenvalue weighted by atomic mass is 16.5. The Labute approximate surface area is 122 Å². The van der Waals surface area contributed by atoms with Gasteiger partial charge in [-0.2, -0.15) is 0 Å². The fourth-order valence-electron chi connectivity index (χ4n) is 1.60. The van der Waals surface area contributed by atoms with Crippen LogP contribution in [0, 0.1) is 12.8 Å². The zero-order valence-electron chi connectivity index (χ0n) is 13.1. The second kappa shape index (κ2) is 9.53. The summed E-state index contributed by atoms with van der Waals surface area (Å²) >= 11 is 0. The average Bonchev–Trinajstić information content (AvgIpc) is 2.40. The van der Waals surface area contributed by atoms with Gasteiger partial charge in [-0.25, -0.2) is 9.97 Å². The minimum Gasteiger partial charge on any atom is -0.486 e. The smallest absolute Gasteiger partial charge is 0.179 e. The Morgan fingerprint density at radius 3 is 2.80 bits per heavy atom. The van der Waals surface area contributed by atoms with E-state index >= 15 is 0 Å². The first-order valence-corrected chi connectivity index (χ1v) is 7.41. The number of rotatable bonds is 10. The number of nitrogens with one attached hydrogen (secondary N) is 1. The quantitative estimate of drug-likeness (QED) is 0.668. The predicted octanol–water partition coefficient (Wildman–Crippen LogP) is 3.05. The summed E-state index contributed by atoms with van der Waals surface area (Å²) in [6.45, 7) is 11.1. The lowest BCUT2D eigenvalue weighted by Gasteiger charge is -2.13. The van der Waals surface area contributed by atoms with Gasteiger partial charge in [-0.3, -0.25) is 0 Å². The molecule has 114 valence electrons. The number of nitrogens with zero attached hydrogens (tertiary/aromatic N) is 2. The van der Waals surface area contributed by atoms with E-state index < -0.39 is 0 Å². The van der Waals surface area contributed by atoms with Crippen molar-refractivity contribution in [2.24, 2.45) is 5.92 Å². The number of aryl methyl sites for hydroxylation is 1. The maximum absolute atomic E-state index is 5.69. The molecule has 20 heavy (non-hydrogen) atoms. The summed E-state index contributed by atoms with van der Waals surface area (Å²) in [7, 11) is 0. The highest BCUT2D eigenvalue weighted by Crippen LogP contribution is 2.20. The van der Waals surface area contributed by atoms with E-state index in [4.69, 9.17) is 9.47 Å². The summed E-state index contributed by atoms with van der Waals surface area (Å²) in [4.78, 5) is 8.56. The van der Waals surface area contributed by atoms with Crippen molar-refractivity contribution in [3.8, 4) is 5.75 Å². The largest absolute Gasteiger partial charge is 0.486 e. The van der Waals surface area contributed by atoms with Crippen LogP contribution in [0.25, 0.3) is 0 Å². The molecule has 0 saturated carbocycles. The molecule has 0 fully saturated rings. The lowest BCUT2D eigenvalue weighted by atomic mass is 10.2. The molecule has 0 aliphatic carbocycles. The van der Waals surface area contributed by atoms with Crippen LogP contribution in [0.3, 0.4) is 0 Å². The second-order valence-electron chi connectivity index (χ2n) is 5.23. The van der Waals surface area contributed by atoms with Crippen molar-refractivity contribution in [2.45, 2.75) is 40.5 Å². The Hall–Kier alpha value is -1.36. The van der Waals surface area contributed by atoms with Gasteiger partial charge >= 0.3 is 0 Å². The van der Waals surface area contributed by atoms with Crippen molar-refractivity contribution < 1.29 is 9.47 Å². The number of unbranched alkanes of at least 4 members (excludes halogenated alkanes) is 1. The molecule has 0 amide bonds. The number of hydrogen-bond acceptors (Lipinski definition) is 5. The standard InChI is InChI=1S/C15H27N3O2/c1-5-6-7-16-15-14(10-17-13(4)18-15)20-9-8-19-11-12(2)3/h10,12H,5-9,11H2,1-4H3,(H,16,17,18). The van der Waals surface area contributed by atoms with Crippen LogP contribution in [0.15, 0.2) is 6.20 Å². The van der Waals surface area contributed by atoms with Gasteiger partial charge in [-0.1, -0.05) is 27.2 Å². The molecular formula is C15H27N3O2. The first-order chi connectivity index (χ1) is 9.63. The monoisotopic (exact) mass is 281 g/mol. The maximum atomic E-state index is 5.69. The van der Waals surface area contributed by atoms with E-state index in [0.717, 1.165) is 37.6 Å². The van der Waals surface area contributed by atoms with Gasteiger partial charge in [0.1, 0.15) is 12.4 Å². The fraction of sp³-hybridized carbons (Fsp3) is 0.733. The summed E-state index contributed by atoms with van der Waals surface area (Å²) < 4.78 is 11.2. The molecule has 0 spiro atoms. The van der Waals surface area contributed by atoms with Crippen LogP contribution >= 0.6 is 0 Å². The van der Waals surface area contributed by atoms with Gasteiger partial charge in [0.2, 0.25) is 0 Å². The van der Waals surface area contributed by atoms with Gasteiger partial charge in [-0.15, -0.1) is 0 Å². The van der Waals surface area contributed by atoms with Gasteiger partial charge in [-0.05, 0) is 19.3 Å². The Kier molecular flexibility index (Phi) is 7.95. The van der Waals surface area contributed by atoms with Crippen LogP contribution in [-0.4, -0.2) is 36.3 Å². The molecule has 5 heteroatoms. The molecule has 1 N–H and O–H groups in total. The third kappa shape index (κ3) is 6.70. The van der Waals surface area contributed by atoms with Crippen LogP contribution in [0.2, 0.25) is 0 Å². The van der Waals surface area contributed by atoms with Crippen molar-refractivity contribution >= 4 is 5.82 Å². The van der Waals surface area contributed by atoms with E-state index in [9.17, 15) is 0 Å². The number of ether oxygens (including phenoxy) is 2. The lowest BCUT2D eigenvalue weighted by molar-refractivity contribution is 0.0819. The molecule has 0 radical (unpaired) electrons. The Morgan fingerprint density at radius 2 is 2.10 bits per heavy atom. The molecule has 1 rings (SSSR count). The Morgan fingerprint density at radius 1 is 1.30 bits per heavy atom. The summed E-state index contributed by atoms with van der Waals surface area (Å²) in [5.74, 6) is 2.76. The molecule has 0 saturated heterocycles. The third-order valence-electron chi connectivity index (χ3n) is 2.63. The molecule has 1 aromatic rings. The van der Waals surface area contributed by atoms with Crippen LogP contribution in [0.5, 0.6) is 5.75 Å². The van der Waals surface area contributed by atoms with Crippen molar-refractivity contribution in [3.05, 3.63) is 12.0 Å². The van der Waals surface area contributed by atoms with Crippen LogP contribution in [-0.2, 0) is 4.74 Å². The molecule has 1 aromatic heterocycles. The van der Waals surface area contributed by atoms with E-state index in [0.29, 0.717) is 24.9 Å².